The van der Waals surface area contributed by atoms with Gasteiger partial charge in [0, 0.05) is 31.2 Å². The molecule has 1 aromatic heterocycles. The summed E-state index contributed by atoms with van der Waals surface area (Å²) in [5.41, 5.74) is 4.88. The number of benzene rings is 1. The van der Waals surface area contributed by atoms with Crippen molar-refractivity contribution < 1.29 is 4.79 Å². The normalized spacial score (nSPS) is 18.5. The fraction of sp³-hybridized carbons (Fsp3) is 0.450. The number of hydrogen-bond donors (Lipinski definition) is 3. The van der Waals surface area contributed by atoms with Gasteiger partial charge in [-0.15, -0.1) is 0 Å². The molecule has 1 aliphatic heterocycles. The molecule has 2 heterocycles. The third-order valence-electron chi connectivity index (χ3n) is 5.74. The van der Waals surface area contributed by atoms with Crippen LogP contribution < -0.4 is 21.5 Å². The summed E-state index contributed by atoms with van der Waals surface area (Å²) in [6, 6.07) is 8.93. The molecule has 4 rings (SSSR count). The zero-order valence-electron chi connectivity index (χ0n) is 15.4. The Morgan fingerprint density at radius 1 is 1.00 bits per heavy atom. The first-order chi connectivity index (χ1) is 13.2. The zero-order chi connectivity index (χ0) is 18.7. The Bertz CT molecular complexity index is 779. The van der Waals surface area contributed by atoms with Crippen LogP contribution in [0.4, 0.5) is 11.6 Å². The van der Waals surface area contributed by atoms with E-state index in [-0.39, 0.29) is 5.54 Å². The van der Waals surface area contributed by atoms with Crippen molar-refractivity contribution in [3.05, 3.63) is 47.8 Å². The molecule has 0 radical (unpaired) electrons. The Morgan fingerprint density at radius 2 is 1.67 bits per heavy atom. The summed E-state index contributed by atoms with van der Waals surface area (Å²) in [6.45, 7) is 2.30. The summed E-state index contributed by atoms with van der Waals surface area (Å²) in [6.07, 6.45) is 10.1. The van der Waals surface area contributed by atoms with E-state index in [1.807, 2.05) is 0 Å². The quantitative estimate of drug-likeness (QED) is 0.428. The maximum Gasteiger partial charge on any atom is 0.268 e. The third-order valence-corrected chi connectivity index (χ3v) is 5.74. The number of aromatic nitrogens is 2. The van der Waals surface area contributed by atoms with Crippen LogP contribution in [0.25, 0.3) is 0 Å². The summed E-state index contributed by atoms with van der Waals surface area (Å²) >= 11 is 0. The van der Waals surface area contributed by atoms with Crippen LogP contribution in [-0.4, -0.2) is 29.0 Å². The van der Waals surface area contributed by atoms with Crippen LogP contribution >= 0.6 is 0 Å². The molecule has 2 fully saturated rings. The lowest BCUT2D eigenvalue weighted by Gasteiger charge is -2.43. The van der Waals surface area contributed by atoms with E-state index >= 15 is 0 Å². The number of nitrogens with one attached hydrogen (secondary N) is 2. The van der Waals surface area contributed by atoms with Crippen molar-refractivity contribution in [2.75, 3.05) is 23.3 Å². The van der Waals surface area contributed by atoms with E-state index in [0.717, 1.165) is 25.9 Å². The van der Waals surface area contributed by atoms with Crippen LogP contribution in [0.1, 0.15) is 54.4 Å². The molecule has 7 nitrogen and oxygen atoms in total. The number of rotatable bonds is 5. The fourth-order valence-electron chi connectivity index (χ4n) is 3.97. The highest BCUT2D eigenvalue weighted by atomic mass is 16.2. The van der Waals surface area contributed by atoms with E-state index in [1.165, 1.54) is 49.3 Å². The lowest BCUT2D eigenvalue weighted by molar-refractivity contribution is 0.0953. The van der Waals surface area contributed by atoms with Gasteiger partial charge in [-0.1, -0.05) is 12.1 Å². The molecule has 1 aliphatic carbocycles. The van der Waals surface area contributed by atoms with Gasteiger partial charge in [-0.2, -0.15) is 0 Å². The molecule has 0 atom stereocenters. The number of hydrazine groups is 1. The van der Waals surface area contributed by atoms with Crippen LogP contribution in [0.5, 0.6) is 0 Å². The minimum Gasteiger partial charge on any atom is -0.372 e. The Kier molecular flexibility index (Phi) is 4.94. The number of nitrogens with two attached hydrogens (primary N) is 1. The lowest BCUT2D eigenvalue weighted by atomic mass is 9.72. The molecule has 1 saturated heterocycles. The maximum absolute atomic E-state index is 11.5. The topological polar surface area (TPSA) is 96.2 Å². The molecule has 1 saturated carbocycles. The van der Waals surface area contributed by atoms with Gasteiger partial charge in [-0.05, 0) is 56.2 Å². The van der Waals surface area contributed by atoms with Crippen molar-refractivity contribution in [2.45, 2.75) is 44.1 Å². The standard InChI is InChI=1S/C20H26N6O/c21-25-18(27)15-13-22-19(23-14-15)24-20(9-4-10-20)16-5-7-17(8-6-16)26-11-2-1-3-12-26/h5-8,13-14H,1-4,9-12,21H2,(H,25,27)(H,22,23,24). The second-order valence-corrected chi connectivity index (χ2v) is 7.42. The van der Waals surface area contributed by atoms with Crippen LogP contribution in [0.15, 0.2) is 36.7 Å². The molecular weight excluding hydrogens is 340 g/mol. The Balaban J connectivity index is 1.49. The predicted octanol–water partition coefficient (Wildman–Crippen LogP) is 2.56. The summed E-state index contributed by atoms with van der Waals surface area (Å²) in [4.78, 5) is 22.6. The predicted molar refractivity (Wildman–Crippen MR) is 105 cm³/mol. The lowest BCUT2D eigenvalue weighted by Crippen LogP contribution is -2.42. The van der Waals surface area contributed by atoms with Crippen molar-refractivity contribution in [3.63, 3.8) is 0 Å². The molecule has 2 aromatic rings. The van der Waals surface area contributed by atoms with Crippen molar-refractivity contribution in [1.82, 2.24) is 15.4 Å². The number of carbonyl (C=O) groups is 1. The van der Waals surface area contributed by atoms with E-state index < -0.39 is 5.91 Å². The molecule has 1 aromatic carbocycles. The molecule has 0 spiro atoms. The summed E-state index contributed by atoms with van der Waals surface area (Å²) in [5.74, 6) is 5.28. The van der Waals surface area contributed by atoms with Crippen LogP contribution in [0.2, 0.25) is 0 Å². The molecule has 27 heavy (non-hydrogen) atoms. The van der Waals surface area contributed by atoms with Crippen molar-refractivity contribution in [1.29, 1.82) is 0 Å². The molecule has 4 N–H and O–H groups in total. The first kappa shape index (κ1) is 17.7. The second kappa shape index (κ2) is 7.52. The Morgan fingerprint density at radius 3 is 2.22 bits per heavy atom. The van der Waals surface area contributed by atoms with Gasteiger partial charge in [-0.3, -0.25) is 10.2 Å². The van der Waals surface area contributed by atoms with Gasteiger partial charge in [0.1, 0.15) is 0 Å². The van der Waals surface area contributed by atoms with E-state index in [4.69, 9.17) is 5.84 Å². The van der Waals surface area contributed by atoms with Gasteiger partial charge >= 0.3 is 0 Å². The number of carbonyl (C=O) groups excluding carboxylic acids is 1. The van der Waals surface area contributed by atoms with Crippen molar-refractivity contribution >= 4 is 17.5 Å². The average molecular weight is 366 g/mol. The number of nitrogens with zero attached hydrogens (tertiary/aromatic N) is 3. The van der Waals surface area contributed by atoms with Crippen molar-refractivity contribution in [2.24, 2.45) is 5.84 Å². The average Bonchev–Trinajstić information content (AvgIpc) is 2.71. The van der Waals surface area contributed by atoms with Gasteiger partial charge in [0.2, 0.25) is 5.95 Å². The fourth-order valence-corrected chi connectivity index (χ4v) is 3.97. The molecule has 0 bridgehead atoms. The first-order valence-electron chi connectivity index (χ1n) is 9.67. The van der Waals surface area contributed by atoms with E-state index in [1.54, 1.807) is 0 Å². The van der Waals surface area contributed by atoms with Crippen LogP contribution in [0.3, 0.4) is 0 Å². The Labute approximate surface area is 159 Å². The van der Waals surface area contributed by atoms with Gasteiger partial charge in [0.05, 0.1) is 11.1 Å². The molecule has 2 aliphatic rings. The minimum absolute atomic E-state index is 0.127. The van der Waals surface area contributed by atoms with E-state index in [9.17, 15) is 4.79 Å². The first-order valence-corrected chi connectivity index (χ1v) is 9.67. The molecule has 142 valence electrons. The molecule has 0 unspecified atom stereocenters. The number of nitrogen functional groups attached to an aromatic ring is 1. The SMILES string of the molecule is NNC(=O)c1cnc(NC2(c3ccc(N4CCCCC4)cc3)CCC2)nc1. The number of amides is 1. The smallest absolute Gasteiger partial charge is 0.268 e. The molecule has 7 heteroatoms. The van der Waals surface area contributed by atoms with Crippen LogP contribution in [0, 0.1) is 0 Å². The largest absolute Gasteiger partial charge is 0.372 e. The highest BCUT2D eigenvalue weighted by molar-refractivity contribution is 5.93. The van der Waals surface area contributed by atoms with Gasteiger partial charge in [-0.25, -0.2) is 15.8 Å². The number of piperidine rings is 1. The summed E-state index contributed by atoms with van der Waals surface area (Å²) < 4.78 is 0. The minimum atomic E-state index is -0.395. The van der Waals surface area contributed by atoms with Crippen LogP contribution in [-0.2, 0) is 5.54 Å². The van der Waals surface area contributed by atoms with E-state index in [0.29, 0.717) is 11.5 Å². The summed E-state index contributed by atoms with van der Waals surface area (Å²) in [5, 5.41) is 3.49. The maximum atomic E-state index is 11.5. The summed E-state index contributed by atoms with van der Waals surface area (Å²) in [7, 11) is 0. The number of hydrogen-bond acceptors (Lipinski definition) is 6. The Hall–Kier alpha value is -2.67. The third kappa shape index (κ3) is 3.60. The van der Waals surface area contributed by atoms with Gasteiger partial charge in [0.25, 0.3) is 5.91 Å². The van der Waals surface area contributed by atoms with Gasteiger partial charge in [0.15, 0.2) is 0 Å². The molecular formula is C20H26N6O. The highest BCUT2D eigenvalue weighted by Crippen LogP contribution is 2.44. The number of anilines is 2. The zero-order valence-corrected chi connectivity index (χ0v) is 15.4. The highest BCUT2D eigenvalue weighted by Gasteiger charge is 2.39. The van der Waals surface area contributed by atoms with Gasteiger partial charge < -0.3 is 10.2 Å². The van der Waals surface area contributed by atoms with Crippen molar-refractivity contribution in [3.8, 4) is 0 Å². The van der Waals surface area contributed by atoms with E-state index in [2.05, 4.69) is 49.9 Å². The monoisotopic (exact) mass is 366 g/mol. The molecule has 1 amide bonds. The second-order valence-electron chi connectivity index (χ2n) is 7.42.